The van der Waals surface area contributed by atoms with Gasteiger partial charge in [-0.3, -0.25) is 14.9 Å². The highest BCUT2D eigenvalue weighted by Crippen LogP contribution is 2.38. The second-order valence-corrected chi connectivity index (χ2v) is 8.02. The van der Waals surface area contributed by atoms with Crippen molar-refractivity contribution < 1.29 is 24.0 Å². The van der Waals surface area contributed by atoms with Crippen molar-refractivity contribution in [2.24, 2.45) is 0 Å². The molecular weight excluding hydrogens is 412 g/mol. The van der Waals surface area contributed by atoms with Crippen molar-refractivity contribution in [1.82, 2.24) is 20.6 Å². The van der Waals surface area contributed by atoms with Crippen molar-refractivity contribution in [3.05, 3.63) is 77.1 Å². The Kier molecular flexibility index (Phi) is 4.63. The van der Waals surface area contributed by atoms with E-state index in [0.717, 1.165) is 11.1 Å². The van der Waals surface area contributed by atoms with Crippen molar-refractivity contribution >= 4 is 17.8 Å². The predicted octanol–water partition coefficient (Wildman–Crippen LogP) is 1.73. The van der Waals surface area contributed by atoms with Crippen LogP contribution in [-0.2, 0) is 16.2 Å². The summed E-state index contributed by atoms with van der Waals surface area (Å²) in [5.74, 6) is 0.0595. The van der Waals surface area contributed by atoms with E-state index in [1.807, 2.05) is 36.4 Å². The lowest BCUT2D eigenvalue weighted by Crippen LogP contribution is -2.57. The molecule has 2 N–H and O–H groups in total. The first-order valence-corrected chi connectivity index (χ1v) is 10.2. The number of hydrogen-bond donors (Lipinski definition) is 2. The molecule has 3 aliphatic heterocycles. The van der Waals surface area contributed by atoms with E-state index >= 15 is 0 Å². The van der Waals surface area contributed by atoms with Crippen LogP contribution in [0, 0.1) is 0 Å². The first kappa shape index (κ1) is 20.1. The summed E-state index contributed by atoms with van der Waals surface area (Å²) in [6, 6.07) is 14.1. The second kappa shape index (κ2) is 7.38. The Hall–Kier alpha value is -3.85. The lowest BCUT2D eigenvalue weighted by Gasteiger charge is -2.31. The van der Waals surface area contributed by atoms with Gasteiger partial charge in [-0.25, -0.2) is 4.79 Å². The normalized spacial score (nSPS) is 24.7. The number of rotatable bonds is 5. The van der Waals surface area contributed by atoms with Gasteiger partial charge >= 0.3 is 6.03 Å². The Morgan fingerprint density at radius 3 is 2.62 bits per heavy atom. The molecule has 3 aliphatic rings. The summed E-state index contributed by atoms with van der Waals surface area (Å²) in [6.07, 6.45) is 1.80. The van der Waals surface area contributed by atoms with Gasteiger partial charge in [0.2, 0.25) is 0 Å². The Morgan fingerprint density at radius 1 is 1.16 bits per heavy atom. The molecule has 9 heteroatoms. The van der Waals surface area contributed by atoms with Crippen LogP contribution in [0.1, 0.15) is 27.5 Å². The molecule has 2 aromatic rings. The number of likely N-dealkylation sites (N-methyl/N-ethyl adjacent to an activating group) is 1. The number of ether oxygens (including phenoxy) is 1. The fourth-order valence-corrected chi connectivity index (χ4v) is 4.40. The molecule has 4 amide bonds. The highest BCUT2D eigenvalue weighted by molar-refractivity contribution is 6.09. The highest BCUT2D eigenvalue weighted by Gasteiger charge is 2.55. The maximum absolute atomic E-state index is 13.1. The van der Waals surface area contributed by atoms with Gasteiger partial charge in [-0.1, -0.05) is 36.4 Å². The van der Waals surface area contributed by atoms with Gasteiger partial charge in [0.1, 0.15) is 5.75 Å². The van der Waals surface area contributed by atoms with Crippen LogP contribution in [0.2, 0.25) is 0 Å². The number of imide groups is 1. The molecule has 0 bridgehead atoms. The molecule has 1 saturated heterocycles. The summed E-state index contributed by atoms with van der Waals surface area (Å²) in [5, 5.41) is 6.63. The maximum atomic E-state index is 13.1. The number of hydrogen-bond acceptors (Lipinski definition) is 6. The van der Waals surface area contributed by atoms with Gasteiger partial charge in [0.05, 0.1) is 19.7 Å². The summed E-state index contributed by atoms with van der Waals surface area (Å²) < 4.78 is 5.23. The molecule has 0 radical (unpaired) electrons. The van der Waals surface area contributed by atoms with Gasteiger partial charge in [0, 0.05) is 19.2 Å². The summed E-state index contributed by atoms with van der Waals surface area (Å²) in [5.41, 5.74) is 0.791. The third-order valence-corrected chi connectivity index (χ3v) is 6.07. The summed E-state index contributed by atoms with van der Waals surface area (Å²) >= 11 is 0. The van der Waals surface area contributed by atoms with Gasteiger partial charge in [-0.2, -0.15) is 0 Å². The van der Waals surface area contributed by atoms with E-state index in [-0.39, 0.29) is 24.3 Å². The van der Waals surface area contributed by atoms with Crippen LogP contribution in [0.4, 0.5) is 4.79 Å². The molecule has 3 heterocycles. The molecule has 32 heavy (non-hydrogen) atoms. The van der Waals surface area contributed by atoms with Gasteiger partial charge in [0.15, 0.2) is 11.3 Å². The van der Waals surface area contributed by atoms with Crippen LogP contribution < -0.4 is 15.4 Å². The molecule has 164 valence electrons. The van der Waals surface area contributed by atoms with Crippen LogP contribution in [0.5, 0.6) is 5.75 Å². The largest absolute Gasteiger partial charge is 0.497 e. The smallest absolute Gasteiger partial charge is 0.322 e. The zero-order chi connectivity index (χ0) is 22.5. The summed E-state index contributed by atoms with van der Waals surface area (Å²) in [4.78, 5) is 45.8. The van der Waals surface area contributed by atoms with E-state index in [9.17, 15) is 14.4 Å². The van der Waals surface area contributed by atoms with Crippen LogP contribution >= 0.6 is 0 Å². The number of benzene rings is 2. The third kappa shape index (κ3) is 3.09. The highest BCUT2D eigenvalue weighted by atomic mass is 16.7. The van der Waals surface area contributed by atoms with E-state index in [1.54, 1.807) is 30.3 Å². The van der Waals surface area contributed by atoms with Gasteiger partial charge in [-0.05, 0) is 29.3 Å². The fourth-order valence-electron chi connectivity index (χ4n) is 4.40. The summed E-state index contributed by atoms with van der Waals surface area (Å²) in [6.45, 7) is 0.246. The molecule has 5 rings (SSSR count). The number of hydroxylamine groups is 2. The monoisotopic (exact) mass is 434 g/mol. The molecule has 0 spiro atoms. The molecule has 2 atom stereocenters. The fraction of sp³-hybridized carbons (Fsp3) is 0.261. The van der Waals surface area contributed by atoms with Crippen LogP contribution in [0.15, 0.2) is 60.4 Å². The molecule has 0 aromatic heterocycles. The van der Waals surface area contributed by atoms with E-state index in [1.165, 1.54) is 12.0 Å². The molecule has 2 aromatic carbocycles. The SMILES string of the molecule is COc1ccc2c(c1)C(=O)N(C[C@]1(C3=CC(c4ccccc4)N(C)O3)NC(=O)NC1=O)C2. The number of fused-ring (bicyclic) bond motifs is 1. The third-order valence-electron chi connectivity index (χ3n) is 6.07. The lowest BCUT2D eigenvalue weighted by atomic mass is 9.94. The number of nitrogens with zero attached hydrogens (tertiary/aromatic N) is 2. The van der Waals surface area contributed by atoms with E-state index in [4.69, 9.17) is 9.57 Å². The predicted molar refractivity (Wildman–Crippen MR) is 113 cm³/mol. The Bertz CT molecular complexity index is 1150. The van der Waals surface area contributed by atoms with Gasteiger partial charge in [0.25, 0.3) is 11.8 Å². The molecular formula is C23H22N4O5. The number of urea groups is 1. The number of nitrogens with one attached hydrogen (secondary N) is 2. The zero-order valence-electron chi connectivity index (χ0n) is 17.6. The van der Waals surface area contributed by atoms with Crippen molar-refractivity contribution in [3.63, 3.8) is 0 Å². The number of carbonyl (C=O) groups is 3. The Balaban J connectivity index is 1.48. The van der Waals surface area contributed by atoms with Gasteiger partial charge < -0.3 is 19.8 Å². The van der Waals surface area contributed by atoms with E-state index in [2.05, 4.69) is 10.6 Å². The minimum atomic E-state index is -1.53. The first-order valence-electron chi connectivity index (χ1n) is 10.2. The first-order chi connectivity index (χ1) is 15.4. The number of carbonyl (C=O) groups excluding carboxylic acids is 3. The van der Waals surface area contributed by atoms with Crippen molar-refractivity contribution in [2.45, 2.75) is 18.1 Å². The van der Waals surface area contributed by atoms with Crippen LogP contribution in [-0.4, -0.2) is 54.0 Å². The molecule has 1 fully saturated rings. The van der Waals surface area contributed by atoms with Crippen LogP contribution in [0.25, 0.3) is 0 Å². The van der Waals surface area contributed by atoms with E-state index < -0.39 is 17.5 Å². The second-order valence-electron chi connectivity index (χ2n) is 8.02. The minimum absolute atomic E-state index is 0.0679. The standard InChI is InChI=1S/C23H22N4O5/c1-26-18(14-6-4-3-5-7-14)11-19(32-26)23(21(29)24-22(30)25-23)13-27-12-15-8-9-16(31-2)10-17(15)20(27)28/h3-11,18H,12-13H2,1-2H3,(H2,24,25,29,30)/t18?,23-/m1/s1. The van der Waals surface area contributed by atoms with Crippen molar-refractivity contribution in [1.29, 1.82) is 0 Å². The lowest BCUT2D eigenvalue weighted by molar-refractivity contribution is -0.133. The topological polar surface area (TPSA) is 100 Å². The minimum Gasteiger partial charge on any atom is -0.497 e. The molecule has 1 unspecified atom stereocenters. The van der Waals surface area contributed by atoms with Gasteiger partial charge in [-0.15, -0.1) is 5.06 Å². The number of methoxy groups -OCH3 is 1. The molecule has 9 nitrogen and oxygen atoms in total. The average molecular weight is 434 g/mol. The van der Waals surface area contributed by atoms with E-state index in [0.29, 0.717) is 17.9 Å². The zero-order valence-corrected chi connectivity index (χ0v) is 17.6. The molecule has 0 saturated carbocycles. The Morgan fingerprint density at radius 2 is 1.94 bits per heavy atom. The van der Waals surface area contributed by atoms with Crippen LogP contribution in [0.3, 0.4) is 0 Å². The Labute approximate surface area is 184 Å². The average Bonchev–Trinajstić information content (AvgIpc) is 3.42. The van der Waals surface area contributed by atoms with Crippen molar-refractivity contribution in [2.75, 3.05) is 20.7 Å². The summed E-state index contributed by atoms with van der Waals surface area (Å²) in [7, 11) is 3.29. The maximum Gasteiger partial charge on any atom is 0.322 e. The van der Waals surface area contributed by atoms with Crippen molar-refractivity contribution in [3.8, 4) is 5.75 Å². The quantitative estimate of drug-likeness (QED) is 0.696. The number of amides is 4. The molecule has 0 aliphatic carbocycles.